The van der Waals surface area contributed by atoms with E-state index in [1.165, 1.54) is 19.3 Å². The van der Waals surface area contributed by atoms with Crippen LogP contribution in [0.5, 0.6) is 0 Å². The zero-order valence-electron chi connectivity index (χ0n) is 8.47. The molecular formula is C11H20O. The number of hydrogen-bond acceptors (Lipinski definition) is 1. The number of carbonyl (C=O) groups excluding carboxylic acids is 1. The molecular weight excluding hydrogens is 148 g/mol. The number of Topliss-reactive ketones (excluding diaryl/α,β-unsaturated/α-hetero) is 1. The average molecular weight is 168 g/mol. The van der Waals surface area contributed by atoms with Crippen LogP contribution in [0, 0.1) is 17.8 Å². The van der Waals surface area contributed by atoms with Crippen LogP contribution in [-0.2, 0) is 4.79 Å². The van der Waals surface area contributed by atoms with E-state index in [1.807, 2.05) is 0 Å². The standard InChI is InChI=1S/C11H20O/c1-8(2)11-6-4-5-10(11)7-9(3)12/h8,10-11H,4-7H2,1-3H3/t10-,11+/m1/s1. The van der Waals surface area contributed by atoms with Crippen molar-refractivity contribution in [3.8, 4) is 0 Å². The van der Waals surface area contributed by atoms with Gasteiger partial charge in [0.15, 0.2) is 0 Å². The molecule has 1 aliphatic rings. The molecule has 1 aliphatic carbocycles. The number of carbonyl (C=O) groups is 1. The van der Waals surface area contributed by atoms with Gasteiger partial charge < -0.3 is 4.79 Å². The molecule has 0 heterocycles. The largest absolute Gasteiger partial charge is 0.300 e. The molecule has 0 radical (unpaired) electrons. The predicted octanol–water partition coefficient (Wildman–Crippen LogP) is 3.04. The minimum absolute atomic E-state index is 0.368. The van der Waals surface area contributed by atoms with Gasteiger partial charge in [-0.05, 0) is 37.5 Å². The summed E-state index contributed by atoms with van der Waals surface area (Å²) >= 11 is 0. The first kappa shape index (κ1) is 9.76. The van der Waals surface area contributed by atoms with E-state index in [2.05, 4.69) is 13.8 Å². The molecule has 0 aromatic carbocycles. The zero-order valence-corrected chi connectivity index (χ0v) is 8.47. The lowest BCUT2D eigenvalue weighted by atomic mass is 9.83. The topological polar surface area (TPSA) is 17.1 Å². The Labute approximate surface area is 75.5 Å². The summed E-state index contributed by atoms with van der Waals surface area (Å²) in [5, 5.41) is 0. The molecule has 0 saturated heterocycles. The van der Waals surface area contributed by atoms with Gasteiger partial charge in [0.1, 0.15) is 5.78 Å². The van der Waals surface area contributed by atoms with Crippen molar-refractivity contribution in [2.45, 2.75) is 46.5 Å². The second-order valence-electron chi connectivity index (χ2n) is 4.50. The van der Waals surface area contributed by atoms with E-state index < -0.39 is 0 Å². The molecule has 1 rings (SSSR count). The van der Waals surface area contributed by atoms with Crippen LogP contribution >= 0.6 is 0 Å². The van der Waals surface area contributed by atoms with Crippen LogP contribution in [0.4, 0.5) is 0 Å². The van der Waals surface area contributed by atoms with Crippen LogP contribution < -0.4 is 0 Å². The molecule has 0 bridgehead atoms. The monoisotopic (exact) mass is 168 g/mol. The summed E-state index contributed by atoms with van der Waals surface area (Å²) in [4.78, 5) is 11.0. The van der Waals surface area contributed by atoms with Crippen molar-refractivity contribution in [1.82, 2.24) is 0 Å². The quantitative estimate of drug-likeness (QED) is 0.633. The van der Waals surface area contributed by atoms with Gasteiger partial charge in [0.25, 0.3) is 0 Å². The summed E-state index contributed by atoms with van der Waals surface area (Å²) in [5.74, 6) is 2.64. The number of ketones is 1. The fraction of sp³-hybridized carbons (Fsp3) is 0.909. The van der Waals surface area contributed by atoms with Crippen molar-refractivity contribution < 1.29 is 4.79 Å². The minimum atomic E-state index is 0.368. The van der Waals surface area contributed by atoms with E-state index in [0.717, 1.165) is 18.3 Å². The average Bonchev–Trinajstić information content (AvgIpc) is 2.33. The molecule has 1 heteroatoms. The summed E-state index contributed by atoms with van der Waals surface area (Å²) in [5.41, 5.74) is 0. The van der Waals surface area contributed by atoms with Gasteiger partial charge in [-0.15, -0.1) is 0 Å². The Morgan fingerprint density at radius 2 is 2.08 bits per heavy atom. The first-order valence-corrected chi connectivity index (χ1v) is 5.10. The highest BCUT2D eigenvalue weighted by Gasteiger charge is 2.29. The summed E-state index contributed by atoms with van der Waals surface area (Å²) in [6, 6.07) is 0. The Morgan fingerprint density at radius 3 is 2.58 bits per heavy atom. The van der Waals surface area contributed by atoms with Gasteiger partial charge >= 0.3 is 0 Å². The van der Waals surface area contributed by atoms with Gasteiger partial charge in [-0.1, -0.05) is 20.3 Å². The van der Waals surface area contributed by atoms with Crippen molar-refractivity contribution in [3.63, 3.8) is 0 Å². The van der Waals surface area contributed by atoms with Gasteiger partial charge in [0, 0.05) is 6.42 Å². The molecule has 0 amide bonds. The van der Waals surface area contributed by atoms with Gasteiger partial charge in [-0.3, -0.25) is 0 Å². The Hall–Kier alpha value is -0.330. The van der Waals surface area contributed by atoms with Crippen molar-refractivity contribution in [1.29, 1.82) is 0 Å². The molecule has 0 aromatic rings. The van der Waals surface area contributed by atoms with Crippen molar-refractivity contribution in [2.24, 2.45) is 17.8 Å². The third-order valence-corrected chi connectivity index (χ3v) is 3.12. The maximum atomic E-state index is 11.0. The third-order valence-electron chi connectivity index (χ3n) is 3.12. The summed E-state index contributed by atoms with van der Waals surface area (Å²) in [7, 11) is 0. The first-order valence-electron chi connectivity index (χ1n) is 5.10. The highest BCUT2D eigenvalue weighted by molar-refractivity contribution is 5.75. The van der Waals surface area contributed by atoms with Gasteiger partial charge in [0.2, 0.25) is 0 Å². The normalized spacial score (nSPS) is 29.7. The van der Waals surface area contributed by atoms with Gasteiger partial charge in [-0.25, -0.2) is 0 Å². The Balaban J connectivity index is 2.46. The second-order valence-corrected chi connectivity index (χ2v) is 4.50. The van der Waals surface area contributed by atoms with E-state index in [0.29, 0.717) is 11.7 Å². The SMILES string of the molecule is CC(=O)C[C@H]1CCC[C@H]1C(C)C. The maximum absolute atomic E-state index is 11.0. The van der Waals surface area contributed by atoms with Crippen molar-refractivity contribution >= 4 is 5.78 Å². The number of rotatable bonds is 3. The van der Waals surface area contributed by atoms with Gasteiger partial charge in [0.05, 0.1) is 0 Å². The molecule has 12 heavy (non-hydrogen) atoms. The molecule has 0 unspecified atom stereocenters. The third kappa shape index (κ3) is 2.33. The first-order chi connectivity index (χ1) is 5.61. The maximum Gasteiger partial charge on any atom is 0.130 e. The van der Waals surface area contributed by atoms with Crippen LogP contribution in [0.1, 0.15) is 46.5 Å². The molecule has 0 aromatic heterocycles. The molecule has 1 saturated carbocycles. The van der Waals surface area contributed by atoms with E-state index in [-0.39, 0.29) is 0 Å². The molecule has 0 spiro atoms. The fourth-order valence-corrected chi connectivity index (χ4v) is 2.57. The highest BCUT2D eigenvalue weighted by atomic mass is 16.1. The van der Waals surface area contributed by atoms with Gasteiger partial charge in [-0.2, -0.15) is 0 Å². The van der Waals surface area contributed by atoms with Crippen molar-refractivity contribution in [2.75, 3.05) is 0 Å². The lowest BCUT2D eigenvalue weighted by Gasteiger charge is -2.21. The van der Waals surface area contributed by atoms with Crippen LogP contribution in [0.2, 0.25) is 0 Å². The lowest BCUT2D eigenvalue weighted by molar-refractivity contribution is -0.118. The van der Waals surface area contributed by atoms with E-state index in [4.69, 9.17) is 0 Å². The minimum Gasteiger partial charge on any atom is -0.300 e. The fourth-order valence-electron chi connectivity index (χ4n) is 2.57. The summed E-state index contributed by atoms with van der Waals surface area (Å²) in [6.07, 6.45) is 4.78. The highest BCUT2D eigenvalue weighted by Crippen LogP contribution is 2.38. The van der Waals surface area contributed by atoms with E-state index in [1.54, 1.807) is 6.92 Å². The summed E-state index contributed by atoms with van der Waals surface area (Å²) < 4.78 is 0. The smallest absolute Gasteiger partial charge is 0.130 e. The van der Waals surface area contributed by atoms with Crippen LogP contribution in [-0.4, -0.2) is 5.78 Å². The van der Waals surface area contributed by atoms with Crippen LogP contribution in [0.3, 0.4) is 0 Å². The van der Waals surface area contributed by atoms with E-state index in [9.17, 15) is 4.79 Å². The Kier molecular flexibility index (Phi) is 3.30. The van der Waals surface area contributed by atoms with Crippen LogP contribution in [0.25, 0.3) is 0 Å². The Bertz CT molecular complexity index is 160. The van der Waals surface area contributed by atoms with Crippen LogP contribution in [0.15, 0.2) is 0 Å². The van der Waals surface area contributed by atoms with Crippen molar-refractivity contribution in [3.05, 3.63) is 0 Å². The molecule has 1 nitrogen and oxygen atoms in total. The molecule has 2 atom stereocenters. The molecule has 0 aliphatic heterocycles. The summed E-state index contributed by atoms with van der Waals surface area (Å²) in [6.45, 7) is 6.28. The number of hydrogen-bond donors (Lipinski definition) is 0. The Morgan fingerprint density at radius 1 is 1.42 bits per heavy atom. The predicted molar refractivity (Wildman–Crippen MR) is 51.0 cm³/mol. The lowest BCUT2D eigenvalue weighted by Crippen LogP contribution is -2.16. The molecule has 70 valence electrons. The molecule has 0 N–H and O–H groups in total. The van der Waals surface area contributed by atoms with E-state index >= 15 is 0 Å². The zero-order chi connectivity index (χ0) is 9.14. The molecule has 1 fully saturated rings. The second kappa shape index (κ2) is 4.06.